The van der Waals surface area contributed by atoms with Gasteiger partial charge in [0.2, 0.25) is 0 Å². The maximum atomic E-state index is 12.1. The number of pyridine rings is 1. The van der Waals surface area contributed by atoms with Crippen LogP contribution in [0.4, 0.5) is 11.5 Å². The van der Waals surface area contributed by atoms with Crippen LogP contribution in [0.3, 0.4) is 0 Å². The van der Waals surface area contributed by atoms with Crippen molar-refractivity contribution in [2.24, 2.45) is 0 Å². The lowest BCUT2D eigenvalue weighted by Crippen LogP contribution is -2.26. The first-order valence-electron chi connectivity index (χ1n) is 7.68. The van der Waals surface area contributed by atoms with Crippen LogP contribution in [0.5, 0.6) is 0 Å². The molecule has 2 N–H and O–H groups in total. The predicted molar refractivity (Wildman–Crippen MR) is 95.6 cm³/mol. The molecule has 0 aliphatic carbocycles. The van der Waals surface area contributed by atoms with E-state index in [4.69, 9.17) is 27.9 Å². The number of carbonyl (C=O) groups excluding carboxylic acids is 1. The number of rotatable bonds is 5. The number of benzene rings is 1. The van der Waals surface area contributed by atoms with Crippen LogP contribution in [0.15, 0.2) is 36.5 Å². The average molecular weight is 366 g/mol. The molecule has 0 spiro atoms. The van der Waals surface area contributed by atoms with Crippen molar-refractivity contribution in [1.82, 2.24) is 4.98 Å². The second-order valence-corrected chi connectivity index (χ2v) is 6.37. The van der Waals surface area contributed by atoms with Crippen LogP contribution in [0, 0.1) is 0 Å². The molecular formula is C17H17Cl2N3O2. The van der Waals surface area contributed by atoms with Gasteiger partial charge >= 0.3 is 0 Å². The third-order valence-electron chi connectivity index (χ3n) is 3.68. The minimum absolute atomic E-state index is 0.0972. The van der Waals surface area contributed by atoms with Gasteiger partial charge in [0.1, 0.15) is 11.9 Å². The molecule has 1 aliphatic rings. The fourth-order valence-electron chi connectivity index (χ4n) is 2.50. The minimum atomic E-state index is -0.344. The second-order valence-electron chi connectivity index (χ2n) is 5.53. The first-order chi connectivity index (χ1) is 11.6. The lowest BCUT2D eigenvalue weighted by Gasteiger charge is -2.12. The lowest BCUT2D eigenvalue weighted by atomic mass is 10.2. The van der Waals surface area contributed by atoms with E-state index in [1.165, 1.54) is 6.20 Å². The van der Waals surface area contributed by atoms with Crippen molar-refractivity contribution in [3.8, 4) is 0 Å². The normalized spacial score (nSPS) is 16.8. The molecule has 1 amide bonds. The molecule has 24 heavy (non-hydrogen) atoms. The summed E-state index contributed by atoms with van der Waals surface area (Å²) in [6.45, 7) is 1.18. The van der Waals surface area contributed by atoms with Gasteiger partial charge in [-0.1, -0.05) is 35.3 Å². The number of nitrogens with one attached hydrogen (secondary N) is 2. The van der Waals surface area contributed by atoms with Crippen molar-refractivity contribution in [3.05, 3.63) is 52.1 Å². The average Bonchev–Trinajstić information content (AvgIpc) is 3.09. The molecule has 0 unspecified atom stereocenters. The van der Waals surface area contributed by atoms with Crippen molar-refractivity contribution in [1.29, 1.82) is 0 Å². The fraction of sp³-hybridized carbons (Fsp3) is 0.294. The Bertz CT molecular complexity index is 734. The Morgan fingerprint density at radius 3 is 2.96 bits per heavy atom. The highest BCUT2D eigenvalue weighted by molar-refractivity contribution is 6.35. The molecule has 1 aliphatic heterocycles. The zero-order chi connectivity index (χ0) is 16.9. The molecule has 0 bridgehead atoms. The number of nitrogens with zero attached hydrogens (tertiary/aromatic N) is 1. The van der Waals surface area contributed by atoms with E-state index < -0.39 is 0 Å². The quantitative estimate of drug-likeness (QED) is 0.836. The standard InChI is InChI=1S/C17H17Cl2N3O2/c18-12-8-14(19)16(21-10-12)20-9-11-3-1-4-13(7-11)22-17(23)15-5-2-6-24-15/h1,3-4,7-8,10,15H,2,5-6,9H2,(H,20,21)(H,22,23)/t15-/m1/s1. The summed E-state index contributed by atoms with van der Waals surface area (Å²) < 4.78 is 5.39. The van der Waals surface area contributed by atoms with Gasteiger partial charge in [-0.25, -0.2) is 4.98 Å². The third-order valence-corrected chi connectivity index (χ3v) is 4.18. The molecule has 1 aromatic carbocycles. The fourth-order valence-corrected chi connectivity index (χ4v) is 2.94. The maximum Gasteiger partial charge on any atom is 0.253 e. The summed E-state index contributed by atoms with van der Waals surface area (Å²) in [5.74, 6) is 0.467. The number of ether oxygens (including phenoxy) is 1. The molecule has 3 rings (SSSR count). The topological polar surface area (TPSA) is 63.2 Å². The van der Waals surface area contributed by atoms with Crippen LogP contribution < -0.4 is 10.6 Å². The molecule has 0 radical (unpaired) electrons. The van der Waals surface area contributed by atoms with Gasteiger partial charge in [-0.3, -0.25) is 4.79 Å². The summed E-state index contributed by atoms with van der Waals surface area (Å²) in [6, 6.07) is 9.24. The van der Waals surface area contributed by atoms with Gasteiger partial charge in [0.25, 0.3) is 5.91 Å². The molecule has 1 fully saturated rings. The summed E-state index contributed by atoms with van der Waals surface area (Å²) in [6.07, 6.45) is 2.89. The van der Waals surface area contributed by atoms with Gasteiger partial charge in [0, 0.05) is 25.0 Å². The molecule has 1 saturated heterocycles. The highest BCUT2D eigenvalue weighted by atomic mass is 35.5. The van der Waals surface area contributed by atoms with Crippen molar-refractivity contribution in [2.45, 2.75) is 25.5 Å². The van der Waals surface area contributed by atoms with Gasteiger partial charge in [-0.2, -0.15) is 0 Å². The zero-order valence-corrected chi connectivity index (χ0v) is 14.4. The van der Waals surface area contributed by atoms with Gasteiger partial charge in [0.15, 0.2) is 0 Å². The Labute approximate surface area is 150 Å². The van der Waals surface area contributed by atoms with Gasteiger partial charge in [0.05, 0.1) is 10.0 Å². The second kappa shape index (κ2) is 7.83. The number of aromatic nitrogens is 1. The molecule has 2 heterocycles. The van der Waals surface area contributed by atoms with Crippen molar-refractivity contribution < 1.29 is 9.53 Å². The molecule has 1 aromatic heterocycles. The summed E-state index contributed by atoms with van der Waals surface area (Å²) in [7, 11) is 0. The number of anilines is 2. The minimum Gasteiger partial charge on any atom is -0.368 e. The molecule has 7 heteroatoms. The van der Waals surface area contributed by atoms with Crippen LogP contribution in [0.25, 0.3) is 0 Å². The van der Waals surface area contributed by atoms with Crippen molar-refractivity contribution >= 4 is 40.6 Å². The molecular weight excluding hydrogens is 349 g/mol. The highest BCUT2D eigenvalue weighted by Crippen LogP contribution is 2.23. The van der Waals surface area contributed by atoms with Crippen LogP contribution >= 0.6 is 23.2 Å². The van der Waals surface area contributed by atoms with Crippen molar-refractivity contribution in [2.75, 3.05) is 17.2 Å². The van der Waals surface area contributed by atoms with E-state index in [-0.39, 0.29) is 12.0 Å². The highest BCUT2D eigenvalue weighted by Gasteiger charge is 2.23. The Balaban J connectivity index is 1.61. The summed E-state index contributed by atoms with van der Waals surface area (Å²) in [4.78, 5) is 16.2. The first-order valence-corrected chi connectivity index (χ1v) is 8.44. The van der Waals surface area contributed by atoms with Gasteiger partial charge < -0.3 is 15.4 Å². The zero-order valence-electron chi connectivity index (χ0n) is 12.9. The van der Waals surface area contributed by atoms with E-state index in [1.807, 2.05) is 24.3 Å². The Kier molecular flexibility index (Phi) is 5.56. The monoisotopic (exact) mass is 365 g/mol. The Morgan fingerprint density at radius 2 is 2.21 bits per heavy atom. The largest absolute Gasteiger partial charge is 0.368 e. The smallest absolute Gasteiger partial charge is 0.253 e. The summed E-state index contributed by atoms with van der Waals surface area (Å²) in [5, 5.41) is 7.00. The van der Waals surface area contributed by atoms with Crippen molar-refractivity contribution in [3.63, 3.8) is 0 Å². The van der Waals surface area contributed by atoms with Crippen LogP contribution in [-0.2, 0) is 16.1 Å². The molecule has 2 aromatic rings. The van der Waals surface area contributed by atoms with Crippen LogP contribution in [-0.4, -0.2) is 23.6 Å². The van der Waals surface area contributed by atoms with E-state index in [0.717, 1.165) is 24.1 Å². The Hall–Kier alpha value is -1.82. The lowest BCUT2D eigenvalue weighted by molar-refractivity contribution is -0.124. The van der Waals surface area contributed by atoms with Crippen LogP contribution in [0.1, 0.15) is 18.4 Å². The van der Waals surface area contributed by atoms with E-state index in [1.54, 1.807) is 6.07 Å². The Morgan fingerprint density at radius 1 is 1.33 bits per heavy atom. The molecule has 0 saturated carbocycles. The molecule has 126 valence electrons. The summed E-state index contributed by atoms with van der Waals surface area (Å²) in [5.41, 5.74) is 1.73. The van der Waals surface area contributed by atoms with E-state index >= 15 is 0 Å². The van der Waals surface area contributed by atoms with Gasteiger partial charge in [-0.05, 0) is 36.6 Å². The van der Waals surface area contributed by atoms with Gasteiger partial charge in [-0.15, -0.1) is 0 Å². The number of hydrogen-bond acceptors (Lipinski definition) is 4. The summed E-state index contributed by atoms with van der Waals surface area (Å²) >= 11 is 11.9. The first kappa shape index (κ1) is 17.0. The number of hydrogen-bond donors (Lipinski definition) is 2. The SMILES string of the molecule is O=C(Nc1cccc(CNc2ncc(Cl)cc2Cl)c1)[C@H]1CCCO1. The molecule has 1 atom stereocenters. The number of carbonyl (C=O) groups is 1. The predicted octanol–water partition coefficient (Wildman–Crippen LogP) is 4.12. The van der Waals surface area contributed by atoms with E-state index in [9.17, 15) is 4.79 Å². The number of amides is 1. The maximum absolute atomic E-state index is 12.1. The van der Waals surface area contributed by atoms with E-state index in [0.29, 0.717) is 29.0 Å². The number of halogens is 2. The van der Waals surface area contributed by atoms with E-state index in [2.05, 4.69) is 15.6 Å². The third kappa shape index (κ3) is 4.38. The van der Waals surface area contributed by atoms with Crippen LogP contribution in [0.2, 0.25) is 10.0 Å². The molecule has 5 nitrogen and oxygen atoms in total.